The van der Waals surface area contributed by atoms with Crippen LogP contribution in [0.4, 0.5) is 0 Å². The van der Waals surface area contributed by atoms with Gasteiger partial charge in [-0.25, -0.2) is 9.13 Å². The SMILES string of the molecule is CCCCCCCCCCC=CCCCCCCC(CC)(P(=O)=O)[N+](C)(C)C. The molecule has 3 nitrogen and oxygen atoms in total. The van der Waals surface area contributed by atoms with Gasteiger partial charge in [0.15, 0.2) is 0 Å². The van der Waals surface area contributed by atoms with Crippen LogP contribution in [0.15, 0.2) is 12.2 Å². The van der Waals surface area contributed by atoms with Crippen molar-refractivity contribution in [2.24, 2.45) is 0 Å². The summed E-state index contributed by atoms with van der Waals surface area (Å²) >= 11 is 0. The van der Waals surface area contributed by atoms with Gasteiger partial charge in [0.1, 0.15) is 0 Å². The highest BCUT2D eigenvalue weighted by molar-refractivity contribution is 7.32. The maximum Gasteiger partial charge on any atom is 0.378 e. The lowest BCUT2D eigenvalue weighted by Crippen LogP contribution is -2.53. The Morgan fingerprint density at radius 1 is 0.679 bits per heavy atom. The largest absolute Gasteiger partial charge is 0.378 e. The van der Waals surface area contributed by atoms with E-state index in [2.05, 4.69) is 19.1 Å². The molecule has 0 heterocycles. The van der Waals surface area contributed by atoms with E-state index >= 15 is 0 Å². The van der Waals surface area contributed by atoms with Crippen LogP contribution in [0.1, 0.15) is 117 Å². The fourth-order valence-corrected chi connectivity index (χ4v) is 5.20. The van der Waals surface area contributed by atoms with Gasteiger partial charge in [0, 0.05) is 12.8 Å². The highest BCUT2D eigenvalue weighted by atomic mass is 31.1. The number of rotatable bonds is 19. The van der Waals surface area contributed by atoms with E-state index in [-0.39, 0.29) is 0 Å². The third-order valence-corrected chi connectivity index (χ3v) is 8.06. The molecule has 0 aliphatic rings. The number of allylic oxidation sites excluding steroid dienone is 2. The summed E-state index contributed by atoms with van der Waals surface area (Å²) in [5.74, 6) is 0. The summed E-state index contributed by atoms with van der Waals surface area (Å²) in [5.41, 5.74) is 0. The molecular weight excluding hydrogens is 365 g/mol. The van der Waals surface area contributed by atoms with Gasteiger partial charge in [-0.3, -0.25) is 0 Å². The zero-order valence-electron chi connectivity index (χ0n) is 19.7. The molecule has 0 fully saturated rings. The minimum Gasteiger partial charge on any atom is -0.314 e. The summed E-state index contributed by atoms with van der Waals surface area (Å²) in [4.78, 5) is 0. The van der Waals surface area contributed by atoms with E-state index in [0.29, 0.717) is 10.9 Å². The van der Waals surface area contributed by atoms with E-state index in [1.54, 1.807) is 0 Å². The van der Waals surface area contributed by atoms with Crippen molar-refractivity contribution in [1.82, 2.24) is 0 Å². The Hall–Kier alpha value is -0.400. The third-order valence-electron chi connectivity index (χ3n) is 6.24. The van der Waals surface area contributed by atoms with Crippen molar-refractivity contribution in [1.29, 1.82) is 0 Å². The van der Waals surface area contributed by atoms with Gasteiger partial charge < -0.3 is 4.48 Å². The number of hydrogen-bond acceptors (Lipinski definition) is 2. The number of nitrogens with zero attached hydrogens (tertiary/aromatic N) is 1. The van der Waals surface area contributed by atoms with Crippen LogP contribution in [0.5, 0.6) is 0 Å². The second kappa shape index (κ2) is 16.4. The summed E-state index contributed by atoms with van der Waals surface area (Å²) in [6.45, 7) is 4.28. The Kier molecular flexibility index (Phi) is 16.2. The Morgan fingerprint density at radius 2 is 1.11 bits per heavy atom. The lowest BCUT2D eigenvalue weighted by molar-refractivity contribution is -0.908. The molecule has 0 N–H and O–H groups in total. The molecule has 0 rings (SSSR count). The average molecular weight is 415 g/mol. The van der Waals surface area contributed by atoms with Gasteiger partial charge >= 0.3 is 7.68 Å². The molecule has 28 heavy (non-hydrogen) atoms. The Bertz CT molecular complexity index is 458. The molecule has 0 aromatic rings. The van der Waals surface area contributed by atoms with Gasteiger partial charge in [0.05, 0.1) is 21.1 Å². The van der Waals surface area contributed by atoms with Crippen LogP contribution in [-0.2, 0) is 9.13 Å². The maximum atomic E-state index is 11.9. The lowest BCUT2D eigenvalue weighted by atomic mass is 10.0. The van der Waals surface area contributed by atoms with Gasteiger partial charge in [-0.05, 0) is 32.1 Å². The topological polar surface area (TPSA) is 34.1 Å². The minimum atomic E-state index is -2.42. The minimum absolute atomic E-state index is 0.504. The van der Waals surface area contributed by atoms with Crippen molar-refractivity contribution in [2.45, 2.75) is 122 Å². The van der Waals surface area contributed by atoms with Crippen molar-refractivity contribution in [3.63, 3.8) is 0 Å². The molecule has 0 radical (unpaired) electrons. The first-order valence-electron chi connectivity index (χ1n) is 11.9. The highest BCUT2D eigenvalue weighted by Crippen LogP contribution is 2.42. The summed E-state index contributed by atoms with van der Waals surface area (Å²) in [7, 11) is 3.60. The van der Waals surface area contributed by atoms with E-state index in [9.17, 15) is 9.13 Å². The third kappa shape index (κ3) is 11.6. The van der Waals surface area contributed by atoms with E-state index in [0.717, 1.165) is 19.3 Å². The molecule has 1 atom stereocenters. The quantitative estimate of drug-likeness (QED) is 0.0920. The van der Waals surface area contributed by atoms with Crippen molar-refractivity contribution in [3.8, 4) is 0 Å². The molecule has 0 aromatic carbocycles. The zero-order valence-corrected chi connectivity index (χ0v) is 20.6. The van der Waals surface area contributed by atoms with Crippen LogP contribution in [0.25, 0.3) is 0 Å². The van der Waals surface area contributed by atoms with E-state index in [1.165, 1.54) is 77.0 Å². The first kappa shape index (κ1) is 27.6. The Morgan fingerprint density at radius 3 is 1.50 bits per heavy atom. The first-order chi connectivity index (χ1) is 13.3. The number of quaternary nitrogens is 1. The van der Waals surface area contributed by atoms with Crippen molar-refractivity contribution >= 4 is 7.68 Å². The fraction of sp³-hybridized carbons (Fsp3) is 0.917. The van der Waals surface area contributed by atoms with Gasteiger partial charge in [-0.1, -0.05) is 83.8 Å². The monoisotopic (exact) mass is 414 g/mol. The molecule has 0 saturated heterocycles. The standard InChI is InChI=1S/C24H49NO2P/c1-6-8-9-10-11-12-13-14-15-16-17-18-19-20-21-22-23-24(7-2,28(26)27)25(3,4)5/h16-17H,6-15,18-23H2,1-5H3/q+1. The molecular formula is C24H49NO2P+. The second-order valence-corrected chi connectivity index (χ2v) is 10.6. The van der Waals surface area contributed by atoms with Gasteiger partial charge in [-0.2, -0.15) is 0 Å². The summed E-state index contributed by atoms with van der Waals surface area (Å²) < 4.78 is 24.3. The predicted molar refractivity (Wildman–Crippen MR) is 123 cm³/mol. The van der Waals surface area contributed by atoms with Crippen molar-refractivity contribution in [2.75, 3.05) is 21.1 Å². The number of unbranched alkanes of at least 4 members (excludes halogenated alkanes) is 12. The van der Waals surface area contributed by atoms with Crippen LogP contribution < -0.4 is 0 Å². The molecule has 0 aliphatic heterocycles. The maximum absolute atomic E-state index is 11.9. The van der Waals surface area contributed by atoms with Crippen LogP contribution in [0.2, 0.25) is 0 Å². The smallest absolute Gasteiger partial charge is 0.314 e. The molecule has 4 heteroatoms. The summed E-state index contributed by atoms with van der Waals surface area (Å²) in [6.07, 6.45) is 24.2. The Balaban J connectivity index is 3.69. The lowest BCUT2D eigenvalue weighted by Gasteiger charge is -2.40. The summed E-state index contributed by atoms with van der Waals surface area (Å²) in [6, 6.07) is 0. The van der Waals surface area contributed by atoms with Crippen molar-refractivity contribution in [3.05, 3.63) is 12.2 Å². The molecule has 0 saturated carbocycles. The Labute approximate surface area is 176 Å². The highest BCUT2D eigenvalue weighted by Gasteiger charge is 2.46. The molecule has 166 valence electrons. The van der Waals surface area contributed by atoms with Crippen LogP contribution in [0.3, 0.4) is 0 Å². The summed E-state index contributed by atoms with van der Waals surface area (Å²) in [5, 5.41) is -0.606. The molecule has 0 bridgehead atoms. The van der Waals surface area contributed by atoms with Crippen LogP contribution in [-0.4, -0.2) is 30.9 Å². The molecule has 0 amide bonds. The first-order valence-corrected chi connectivity index (χ1v) is 13.1. The average Bonchev–Trinajstić information content (AvgIpc) is 2.63. The molecule has 0 aliphatic carbocycles. The molecule has 0 spiro atoms. The van der Waals surface area contributed by atoms with Gasteiger partial charge in [-0.15, -0.1) is 0 Å². The van der Waals surface area contributed by atoms with Gasteiger partial charge in [0.25, 0.3) is 0 Å². The van der Waals surface area contributed by atoms with E-state index < -0.39 is 13.0 Å². The van der Waals surface area contributed by atoms with Crippen molar-refractivity contribution < 1.29 is 13.6 Å². The van der Waals surface area contributed by atoms with Gasteiger partial charge in [0.2, 0.25) is 5.28 Å². The molecule has 0 aromatic heterocycles. The van der Waals surface area contributed by atoms with Crippen LogP contribution in [0, 0.1) is 0 Å². The number of hydrogen-bond donors (Lipinski definition) is 0. The predicted octanol–water partition coefficient (Wildman–Crippen LogP) is 8.40. The zero-order chi connectivity index (χ0) is 21.3. The normalized spacial score (nSPS) is 14.5. The second-order valence-electron chi connectivity index (χ2n) is 9.29. The van der Waals surface area contributed by atoms with E-state index in [1.807, 2.05) is 28.1 Å². The van der Waals surface area contributed by atoms with Crippen LogP contribution >= 0.6 is 7.68 Å². The fourth-order valence-electron chi connectivity index (χ4n) is 4.11. The molecule has 1 unspecified atom stereocenters. The van der Waals surface area contributed by atoms with E-state index in [4.69, 9.17) is 0 Å².